The maximum absolute atomic E-state index is 14.7. The third-order valence-electron chi connectivity index (χ3n) is 6.67. The molecule has 7 heteroatoms. The van der Waals surface area contributed by atoms with Crippen molar-refractivity contribution >= 4 is 15.5 Å². The van der Waals surface area contributed by atoms with Crippen LogP contribution in [0.5, 0.6) is 0 Å². The van der Waals surface area contributed by atoms with Gasteiger partial charge >= 0.3 is 0 Å². The van der Waals surface area contributed by atoms with Gasteiger partial charge in [-0.25, -0.2) is 13.4 Å². The highest BCUT2D eigenvalue weighted by atomic mass is 32.2. The number of hydrogen-bond donors (Lipinski definition) is 2. The maximum atomic E-state index is 14.7. The van der Waals surface area contributed by atoms with E-state index in [1.807, 2.05) is 0 Å². The number of nitrogens with one attached hydrogen (secondary N) is 1. The maximum Gasteiger partial charge on any atom is 0.199 e. The van der Waals surface area contributed by atoms with Crippen LogP contribution in [0.3, 0.4) is 0 Å². The predicted octanol–water partition coefficient (Wildman–Crippen LogP) is 4.87. The Hall–Kier alpha value is -1.99. The van der Waals surface area contributed by atoms with E-state index in [9.17, 15) is 18.5 Å². The van der Waals surface area contributed by atoms with Gasteiger partial charge in [0.25, 0.3) is 0 Å². The van der Waals surface area contributed by atoms with Gasteiger partial charge in [-0.3, -0.25) is 4.79 Å². The Kier molecular flexibility index (Phi) is 5.63. The first kappa shape index (κ1) is 22.2. The third kappa shape index (κ3) is 4.48. The molecule has 0 radical (unpaired) electrons. The van der Waals surface area contributed by atoms with Crippen molar-refractivity contribution in [3.05, 3.63) is 52.0 Å². The van der Waals surface area contributed by atoms with Crippen molar-refractivity contribution in [1.29, 1.82) is 4.78 Å². The molecule has 0 unspecified atom stereocenters. The number of carbonyl (C=O) groups excluding carboxylic acids is 1. The normalized spacial score (nSPS) is 19.1. The van der Waals surface area contributed by atoms with E-state index in [1.54, 1.807) is 19.9 Å². The summed E-state index contributed by atoms with van der Waals surface area (Å²) in [5.74, 6) is -0.245. The third-order valence-corrected chi connectivity index (χ3v) is 8.26. The molecule has 5 nitrogen and oxygen atoms in total. The molecule has 2 atom stereocenters. The van der Waals surface area contributed by atoms with Crippen LogP contribution in [0.4, 0.5) is 4.39 Å². The van der Waals surface area contributed by atoms with Crippen LogP contribution in [0.1, 0.15) is 73.8 Å². The molecule has 2 aliphatic carbocycles. The minimum Gasteiger partial charge on any atom is -0.454 e. The Morgan fingerprint density at radius 3 is 2.61 bits per heavy atom. The number of carbonyl (C=O) groups is 1. The van der Waals surface area contributed by atoms with E-state index < -0.39 is 21.1 Å². The van der Waals surface area contributed by atoms with Crippen LogP contribution >= 0.6 is 0 Å². The lowest BCUT2D eigenvalue weighted by Gasteiger charge is -2.20. The van der Waals surface area contributed by atoms with Gasteiger partial charge in [-0.05, 0) is 86.1 Å². The summed E-state index contributed by atoms with van der Waals surface area (Å²) < 4.78 is 41.2. The number of Topliss-reactive ketones (excluding diaryl/α,β-unsaturated/α-hetero) is 1. The molecule has 1 aromatic heterocycles. The van der Waals surface area contributed by atoms with Crippen molar-refractivity contribution in [1.82, 2.24) is 0 Å². The van der Waals surface area contributed by atoms with Gasteiger partial charge in [-0.15, -0.1) is 0 Å². The predicted molar refractivity (Wildman–Crippen MR) is 116 cm³/mol. The van der Waals surface area contributed by atoms with E-state index in [-0.39, 0.29) is 29.0 Å². The number of halogens is 1. The summed E-state index contributed by atoms with van der Waals surface area (Å²) in [7, 11) is -3.48. The molecule has 2 N–H and O–H groups in total. The van der Waals surface area contributed by atoms with Crippen molar-refractivity contribution in [2.45, 2.75) is 75.9 Å². The molecule has 0 aliphatic heterocycles. The van der Waals surface area contributed by atoms with Gasteiger partial charge in [0, 0.05) is 18.1 Å². The van der Waals surface area contributed by atoms with Crippen LogP contribution in [0.15, 0.2) is 27.9 Å². The zero-order valence-electron chi connectivity index (χ0n) is 18.3. The van der Waals surface area contributed by atoms with Crippen molar-refractivity contribution in [2.75, 3.05) is 5.75 Å². The van der Waals surface area contributed by atoms with Gasteiger partial charge in [0.05, 0.1) is 17.6 Å². The van der Waals surface area contributed by atoms with Crippen LogP contribution in [0.25, 0.3) is 0 Å². The fourth-order valence-electron chi connectivity index (χ4n) is 4.65. The molecule has 4 rings (SSSR count). The molecule has 0 amide bonds. The van der Waals surface area contributed by atoms with Crippen molar-refractivity contribution in [3.8, 4) is 0 Å². The Morgan fingerprint density at radius 1 is 1.32 bits per heavy atom. The zero-order chi connectivity index (χ0) is 22.6. The standard InChI is InChI=1S/C24H30FNO4S/c1-14(15-7-8-15)20-11-22(25)19-6-4-5-18(19)21(20)10-17(27)13-31(26,29)23-9-16(12-30-23)24(2,3)28/h9,11-12,14-15,26,28H,4-8,10,13H2,1-3H3/t14-,31-/m1/s1. The molecule has 0 bridgehead atoms. The average Bonchev–Trinajstić information content (AvgIpc) is 3.17. The van der Waals surface area contributed by atoms with Gasteiger partial charge < -0.3 is 9.52 Å². The largest absolute Gasteiger partial charge is 0.454 e. The topological polar surface area (TPSA) is 91.4 Å². The van der Waals surface area contributed by atoms with Gasteiger partial charge in [-0.2, -0.15) is 0 Å². The first-order valence-electron chi connectivity index (χ1n) is 10.9. The van der Waals surface area contributed by atoms with Gasteiger partial charge in [0.15, 0.2) is 10.9 Å². The van der Waals surface area contributed by atoms with E-state index in [4.69, 9.17) is 9.20 Å². The number of hydrogen-bond acceptors (Lipinski definition) is 5. The minimum absolute atomic E-state index is 0.0595. The monoisotopic (exact) mass is 447 g/mol. The van der Waals surface area contributed by atoms with Crippen molar-refractivity contribution < 1.29 is 22.9 Å². The minimum atomic E-state index is -3.48. The lowest BCUT2D eigenvalue weighted by Crippen LogP contribution is -2.19. The molecule has 1 heterocycles. The summed E-state index contributed by atoms with van der Waals surface area (Å²) in [6.07, 6.45) is 5.88. The number of aliphatic hydroxyl groups is 1. The SMILES string of the molecule is C[C@@H](c1cc(F)c2c(c1CC(=O)C[S@@](=N)(=O)c1cc(C(C)(C)O)co1)CCC2)C1CC1. The van der Waals surface area contributed by atoms with Gasteiger partial charge in [-0.1, -0.05) is 6.92 Å². The summed E-state index contributed by atoms with van der Waals surface area (Å²) in [4.78, 5) is 13.0. The van der Waals surface area contributed by atoms with Crippen LogP contribution < -0.4 is 0 Å². The second-order valence-electron chi connectivity index (χ2n) is 9.61. The fraction of sp³-hybridized carbons (Fsp3) is 0.542. The quantitative estimate of drug-likeness (QED) is 0.604. The average molecular weight is 448 g/mol. The lowest BCUT2D eigenvalue weighted by molar-refractivity contribution is -0.116. The van der Waals surface area contributed by atoms with E-state index in [1.165, 1.54) is 12.3 Å². The smallest absolute Gasteiger partial charge is 0.199 e. The Bertz CT molecular complexity index is 1120. The molecule has 2 aromatic rings. The summed E-state index contributed by atoms with van der Waals surface area (Å²) >= 11 is 0. The zero-order valence-corrected chi connectivity index (χ0v) is 19.1. The summed E-state index contributed by atoms with van der Waals surface area (Å²) in [5.41, 5.74) is 2.64. The fourth-order valence-corrected chi connectivity index (χ4v) is 5.87. The number of benzene rings is 1. The first-order valence-corrected chi connectivity index (χ1v) is 12.6. The Balaban J connectivity index is 1.60. The molecule has 31 heavy (non-hydrogen) atoms. The van der Waals surface area contributed by atoms with Crippen LogP contribution in [0, 0.1) is 16.5 Å². The molecule has 168 valence electrons. The highest BCUT2D eigenvalue weighted by molar-refractivity contribution is 7.93. The van der Waals surface area contributed by atoms with Crippen LogP contribution in [-0.2, 0) is 39.4 Å². The lowest BCUT2D eigenvalue weighted by atomic mass is 9.85. The number of ketones is 1. The van der Waals surface area contributed by atoms with Crippen LogP contribution in [0.2, 0.25) is 0 Å². The highest BCUT2D eigenvalue weighted by Crippen LogP contribution is 2.45. The molecule has 1 fully saturated rings. The van der Waals surface area contributed by atoms with E-state index in [0.717, 1.165) is 42.4 Å². The Labute approximate surface area is 183 Å². The van der Waals surface area contributed by atoms with Crippen molar-refractivity contribution in [3.63, 3.8) is 0 Å². The van der Waals surface area contributed by atoms with Crippen LogP contribution in [-0.4, -0.2) is 20.9 Å². The highest BCUT2D eigenvalue weighted by Gasteiger charge is 2.34. The molecular formula is C24H30FNO4S. The van der Waals surface area contributed by atoms with Gasteiger partial charge in [0.1, 0.15) is 15.5 Å². The second kappa shape index (κ2) is 7.85. The molecule has 0 saturated heterocycles. The first-order chi connectivity index (χ1) is 14.5. The van der Waals surface area contributed by atoms with E-state index >= 15 is 0 Å². The molecule has 1 aromatic carbocycles. The van der Waals surface area contributed by atoms with E-state index in [2.05, 4.69) is 6.92 Å². The molecule has 1 saturated carbocycles. The summed E-state index contributed by atoms with van der Waals surface area (Å²) in [6.45, 7) is 5.23. The number of fused-ring (bicyclic) bond motifs is 1. The number of furan rings is 1. The molecule has 0 spiro atoms. The molecular weight excluding hydrogens is 417 g/mol. The van der Waals surface area contributed by atoms with Crippen molar-refractivity contribution in [2.24, 2.45) is 5.92 Å². The summed E-state index contributed by atoms with van der Waals surface area (Å²) in [5, 5.41) is 9.97. The number of rotatable bonds is 8. The molecule has 2 aliphatic rings. The Morgan fingerprint density at radius 2 is 2.00 bits per heavy atom. The summed E-state index contributed by atoms with van der Waals surface area (Å²) in [6, 6.07) is 2.99. The second-order valence-corrected chi connectivity index (χ2v) is 11.7. The van der Waals surface area contributed by atoms with E-state index in [0.29, 0.717) is 23.5 Å². The van der Waals surface area contributed by atoms with Gasteiger partial charge in [0.2, 0.25) is 0 Å².